The Kier molecular flexibility index (Phi) is 7.63. The van der Waals surface area contributed by atoms with Crippen LogP contribution < -0.4 is 16.0 Å². The van der Waals surface area contributed by atoms with Gasteiger partial charge in [0, 0.05) is 13.0 Å². The molecule has 4 atom stereocenters. The van der Waals surface area contributed by atoms with Gasteiger partial charge in [0.25, 0.3) is 0 Å². The Morgan fingerprint density at radius 2 is 1.76 bits per heavy atom. The lowest BCUT2D eigenvalue weighted by atomic mass is 10.0. The molecule has 1 aliphatic carbocycles. The largest absolute Gasteiger partial charge is 0.347 e. The number of likely N-dealkylation sites (N-methyl/N-ethyl adjacent to an activating group) is 1. The fourth-order valence-electron chi connectivity index (χ4n) is 4.96. The van der Waals surface area contributed by atoms with Crippen molar-refractivity contribution in [3.63, 3.8) is 0 Å². The van der Waals surface area contributed by atoms with Crippen molar-refractivity contribution >= 4 is 17.7 Å². The normalized spacial score (nSPS) is 20.9. The number of nitrogens with one attached hydrogen (secondary N) is 3. The van der Waals surface area contributed by atoms with Crippen LogP contribution in [0.5, 0.6) is 0 Å². The molecule has 0 aromatic heterocycles. The minimum Gasteiger partial charge on any atom is -0.347 e. The van der Waals surface area contributed by atoms with Gasteiger partial charge in [-0.3, -0.25) is 14.4 Å². The first-order chi connectivity index (χ1) is 16.5. The third kappa shape index (κ3) is 5.30. The van der Waals surface area contributed by atoms with Crippen LogP contribution in [0.4, 0.5) is 0 Å². The molecular weight excluding hydrogens is 428 g/mol. The Hall–Kier alpha value is -3.19. The monoisotopic (exact) mass is 462 g/mol. The molecule has 2 aromatic rings. The van der Waals surface area contributed by atoms with Crippen LogP contribution in [0.1, 0.15) is 48.9 Å². The lowest BCUT2D eigenvalue weighted by molar-refractivity contribution is -0.141. The highest BCUT2D eigenvalue weighted by atomic mass is 16.2. The van der Waals surface area contributed by atoms with E-state index in [1.54, 1.807) is 18.9 Å². The van der Waals surface area contributed by atoms with Crippen molar-refractivity contribution in [3.05, 3.63) is 71.3 Å². The third-order valence-corrected chi connectivity index (χ3v) is 7.01. The molecule has 7 nitrogen and oxygen atoms in total. The maximum atomic E-state index is 13.7. The maximum absolute atomic E-state index is 13.7. The summed E-state index contributed by atoms with van der Waals surface area (Å²) in [4.78, 5) is 41.2. The van der Waals surface area contributed by atoms with E-state index >= 15 is 0 Å². The molecule has 3 N–H and O–H groups in total. The molecule has 1 heterocycles. The number of amides is 3. The summed E-state index contributed by atoms with van der Waals surface area (Å²) in [6.45, 7) is 2.27. The van der Waals surface area contributed by atoms with Crippen LogP contribution in [0.2, 0.25) is 0 Å². The number of carbonyl (C=O) groups is 3. The lowest BCUT2D eigenvalue weighted by Gasteiger charge is -2.30. The van der Waals surface area contributed by atoms with Crippen LogP contribution in [-0.2, 0) is 27.2 Å². The first-order valence-electron chi connectivity index (χ1n) is 12.2. The predicted molar refractivity (Wildman–Crippen MR) is 131 cm³/mol. The Balaban J connectivity index is 1.48. The van der Waals surface area contributed by atoms with Gasteiger partial charge < -0.3 is 20.9 Å². The van der Waals surface area contributed by atoms with Crippen LogP contribution in [0.15, 0.2) is 54.6 Å². The number of likely N-dealkylation sites (tertiary alicyclic amines) is 1. The summed E-state index contributed by atoms with van der Waals surface area (Å²) in [5.74, 6) is -0.551. The third-order valence-electron chi connectivity index (χ3n) is 7.01. The number of nitrogens with zero attached hydrogens (tertiary/aromatic N) is 1. The van der Waals surface area contributed by atoms with Crippen molar-refractivity contribution in [2.24, 2.45) is 0 Å². The molecule has 3 amide bonds. The van der Waals surface area contributed by atoms with Crippen molar-refractivity contribution in [1.82, 2.24) is 20.9 Å². The highest BCUT2D eigenvalue weighted by Gasteiger charge is 2.39. The van der Waals surface area contributed by atoms with E-state index in [4.69, 9.17) is 0 Å². The van der Waals surface area contributed by atoms with Gasteiger partial charge in [-0.2, -0.15) is 0 Å². The summed E-state index contributed by atoms with van der Waals surface area (Å²) in [6, 6.07) is 16.2. The average Bonchev–Trinajstić information content (AvgIpc) is 3.51. The molecule has 180 valence electrons. The Labute approximate surface area is 201 Å². The number of aryl methyl sites for hydroxylation is 1. The van der Waals surface area contributed by atoms with E-state index < -0.39 is 18.1 Å². The second-order valence-corrected chi connectivity index (χ2v) is 9.25. The maximum Gasteiger partial charge on any atom is 0.246 e. The number of rotatable bonds is 8. The molecule has 7 heteroatoms. The van der Waals surface area contributed by atoms with Crippen LogP contribution in [-0.4, -0.2) is 54.3 Å². The molecule has 2 aromatic carbocycles. The highest BCUT2D eigenvalue weighted by Crippen LogP contribution is 2.31. The van der Waals surface area contributed by atoms with Crippen molar-refractivity contribution < 1.29 is 14.4 Å². The molecule has 0 radical (unpaired) electrons. The summed E-state index contributed by atoms with van der Waals surface area (Å²) in [7, 11) is 1.71. The van der Waals surface area contributed by atoms with E-state index in [9.17, 15) is 14.4 Å². The van der Waals surface area contributed by atoms with Gasteiger partial charge in [0.15, 0.2) is 0 Å². The van der Waals surface area contributed by atoms with Gasteiger partial charge in [0.05, 0.1) is 12.1 Å². The molecule has 0 bridgehead atoms. The zero-order chi connectivity index (χ0) is 24.1. The molecule has 34 heavy (non-hydrogen) atoms. The van der Waals surface area contributed by atoms with Crippen LogP contribution >= 0.6 is 0 Å². The average molecular weight is 463 g/mol. The highest BCUT2D eigenvalue weighted by molar-refractivity contribution is 5.93. The minimum atomic E-state index is -0.730. The van der Waals surface area contributed by atoms with Crippen LogP contribution in [0.3, 0.4) is 0 Å². The Morgan fingerprint density at radius 1 is 1.03 bits per heavy atom. The molecular formula is C27H34N4O3. The topological polar surface area (TPSA) is 90.5 Å². The fraction of sp³-hybridized carbons (Fsp3) is 0.444. The summed E-state index contributed by atoms with van der Waals surface area (Å²) in [5, 5.41) is 9.02. The van der Waals surface area contributed by atoms with E-state index in [-0.39, 0.29) is 23.8 Å². The number of carbonyl (C=O) groups excluding carboxylic acids is 3. The van der Waals surface area contributed by atoms with Crippen molar-refractivity contribution in [1.29, 1.82) is 0 Å². The zero-order valence-corrected chi connectivity index (χ0v) is 19.9. The smallest absolute Gasteiger partial charge is 0.246 e. The summed E-state index contributed by atoms with van der Waals surface area (Å²) in [5.41, 5.74) is 3.40. The van der Waals surface area contributed by atoms with Gasteiger partial charge >= 0.3 is 0 Å². The van der Waals surface area contributed by atoms with Crippen molar-refractivity contribution in [2.45, 2.75) is 63.2 Å². The van der Waals surface area contributed by atoms with Gasteiger partial charge in [-0.1, -0.05) is 54.6 Å². The van der Waals surface area contributed by atoms with E-state index in [0.717, 1.165) is 24.8 Å². The standard InChI is InChI=1S/C27H34N4O3/c1-18(28-2)25(32)30-23(17-19-9-4-3-5-10-19)27(34)31-16-8-13-24(31)26(33)29-22-15-14-20-11-6-7-12-21(20)22/h3-7,9-12,18,22-24,28H,8,13-17H2,1-2H3,(H,29,33)(H,30,32)/t18-,22?,23-,24?/m0/s1. The molecule has 2 aliphatic rings. The van der Waals surface area contributed by atoms with Gasteiger partial charge in [0.2, 0.25) is 17.7 Å². The van der Waals surface area contributed by atoms with Crippen molar-refractivity contribution in [2.75, 3.05) is 13.6 Å². The number of hydrogen-bond acceptors (Lipinski definition) is 4. The molecule has 2 unspecified atom stereocenters. The van der Waals surface area contributed by atoms with Crippen LogP contribution in [0, 0.1) is 0 Å². The van der Waals surface area contributed by atoms with Crippen molar-refractivity contribution in [3.8, 4) is 0 Å². The predicted octanol–water partition coefficient (Wildman–Crippen LogP) is 2.12. The Bertz CT molecular complexity index is 1030. The summed E-state index contributed by atoms with van der Waals surface area (Å²) < 4.78 is 0. The molecule has 1 fully saturated rings. The van der Waals surface area contributed by atoms with Gasteiger partial charge in [-0.25, -0.2) is 0 Å². The SMILES string of the molecule is CN[C@@H](C)C(=O)N[C@@H](Cc1ccccc1)C(=O)N1CCCC1C(=O)NC1CCc2ccccc21. The van der Waals surface area contributed by atoms with E-state index in [1.807, 2.05) is 42.5 Å². The lowest BCUT2D eigenvalue weighted by Crippen LogP contribution is -2.56. The first-order valence-corrected chi connectivity index (χ1v) is 12.2. The molecule has 1 aliphatic heterocycles. The number of hydrogen-bond donors (Lipinski definition) is 3. The fourth-order valence-corrected chi connectivity index (χ4v) is 4.96. The second-order valence-electron chi connectivity index (χ2n) is 9.25. The first kappa shape index (κ1) is 24.0. The van der Waals surface area contributed by atoms with Gasteiger partial charge in [0.1, 0.15) is 12.1 Å². The molecule has 0 saturated carbocycles. The Morgan fingerprint density at radius 3 is 2.53 bits per heavy atom. The number of fused-ring (bicyclic) bond motifs is 1. The molecule has 4 rings (SSSR count). The van der Waals surface area contributed by atoms with E-state index in [1.165, 1.54) is 11.1 Å². The minimum absolute atomic E-state index is 0.0162. The number of benzene rings is 2. The molecule has 1 saturated heterocycles. The second kappa shape index (κ2) is 10.8. The van der Waals surface area contributed by atoms with Gasteiger partial charge in [-0.05, 0) is 56.3 Å². The quantitative estimate of drug-likeness (QED) is 0.561. The summed E-state index contributed by atoms with van der Waals surface area (Å²) >= 11 is 0. The van der Waals surface area contributed by atoms with Crippen LogP contribution in [0.25, 0.3) is 0 Å². The van der Waals surface area contributed by atoms with Gasteiger partial charge in [-0.15, -0.1) is 0 Å². The van der Waals surface area contributed by atoms with E-state index in [2.05, 4.69) is 28.1 Å². The molecule has 0 spiro atoms. The summed E-state index contributed by atoms with van der Waals surface area (Å²) in [6.07, 6.45) is 3.60. The zero-order valence-electron chi connectivity index (χ0n) is 19.9. The van der Waals surface area contributed by atoms with E-state index in [0.29, 0.717) is 19.4 Å².